The Morgan fingerprint density at radius 2 is 1.85 bits per heavy atom. The van der Waals surface area contributed by atoms with Crippen LogP contribution in [0, 0.1) is 6.92 Å². The highest BCUT2D eigenvalue weighted by molar-refractivity contribution is 5.96. The van der Waals surface area contributed by atoms with Gasteiger partial charge in [0.2, 0.25) is 5.91 Å². The molecule has 20 heavy (non-hydrogen) atoms. The summed E-state index contributed by atoms with van der Waals surface area (Å²) in [4.78, 5) is 14.1. The van der Waals surface area contributed by atoms with Gasteiger partial charge in [0.05, 0.1) is 11.4 Å². The summed E-state index contributed by atoms with van der Waals surface area (Å²) in [6.45, 7) is 2.94. The fourth-order valence-electron chi connectivity index (χ4n) is 2.71. The van der Waals surface area contributed by atoms with E-state index in [1.165, 1.54) is 11.3 Å². The Labute approximate surface area is 119 Å². The van der Waals surface area contributed by atoms with Crippen molar-refractivity contribution in [1.29, 1.82) is 0 Å². The van der Waals surface area contributed by atoms with E-state index < -0.39 is 0 Å². The van der Waals surface area contributed by atoms with E-state index in [1.54, 1.807) is 0 Å². The molecule has 3 nitrogen and oxygen atoms in total. The molecule has 0 aliphatic carbocycles. The van der Waals surface area contributed by atoms with Crippen molar-refractivity contribution >= 4 is 23.0 Å². The van der Waals surface area contributed by atoms with Crippen LogP contribution in [0.15, 0.2) is 48.5 Å². The molecule has 2 aromatic carbocycles. The maximum absolute atomic E-state index is 11.8. The molecule has 1 N–H and O–H groups in total. The summed E-state index contributed by atoms with van der Waals surface area (Å²) in [5.74, 6) is 0.101. The molecule has 2 aromatic rings. The molecule has 3 rings (SSSR count). The minimum atomic E-state index is 0.101. The highest BCUT2D eigenvalue weighted by Gasteiger charge is 2.19. The summed E-state index contributed by atoms with van der Waals surface area (Å²) >= 11 is 0. The summed E-state index contributed by atoms with van der Waals surface area (Å²) in [5.41, 5.74) is 4.35. The molecule has 0 atom stereocenters. The molecule has 1 aliphatic rings. The van der Waals surface area contributed by atoms with Gasteiger partial charge in [0.1, 0.15) is 0 Å². The van der Waals surface area contributed by atoms with E-state index >= 15 is 0 Å². The standard InChI is InChI=1S/C17H18N2O/c1-13-7-5-10-15-17(13)19(12-6-11-16(20)18-15)14-8-3-2-4-9-14/h2-5,7-10H,6,11-12H2,1H3,(H,18,20). The SMILES string of the molecule is Cc1cccc2c1N(c1ccccc1)CCCC(=O)N2. The van der Waals surface area contributed by atoms with Gasteiger partial charge in [-0.3, -0.25) is 4.79 Å². The first-order valence-corrected chi connectivity index (χ1v) is 6.98. The van der Waals surface area contributed by atoms with Gasteiger partial charge in [-0.1, -0.05) is 30.3 Å². The molecule has 0 radical (unpaired) electrons. The molecule has 102 valence electrons. The van der Waals surface area contributed by atoms with Crippen LogP contribution in [-0.4, -0.2) is 12.5 Å². The van der Waals surface area contributed by atoms with Crippen LogP contribution < -0.4 is 10.2 Å². The largest absolute Gasteiger partial charge is 0.340 e. The third-order valence-corrected chi connectivity index (χ3v) is 3.64. The topological polar surface area (TPSA) is 32.3 Å². The second kappa shape index (κ2) is 5.37. The Balaban J connectivity index is 2.12. The number of amides is 1. The predicted octanol–water partition coefficient (Wildman–Crippen LogP) is 3.87. The first-order valence-electron chi connectivity index (χ1n) is 6.98. The number of carbonyl (C=O) groups is 1. The Morgan fingerprint density at radius 1 is 1.05 bits per heavy atom. The number of fused-ring (bicyclic) bond motifs is 1. The van der Waals surface area contributed by atoms with E-state index in [0.717, 1.165) is 24.3 Å². The lowest BCUT2D eigenvalue weighted by Crippen LogP contribution is -2.26. The van der Waals surface area contributed by atoms with Gasteiger partial charge < -0.3 is 10.2 Å². The molecule has 0 aromatic heterocycles. The number of carbonyl (C=O) groups excluding carboxylic acids is 1. The third-order valence-electron chi connectivity index (χ3n) is 3.64. The average Bonchev–Trinajstić information content (AvgIpc) is 2.44. The van der Waals surface area contributed by atoms with Crippen molar-refractivity contribution in [2.24, 2.45) is 0 Å². The first-order chi connectivity index (χ1) is 9.75. The smallest absolute Gasteiger partial charge is 0.224 e. The van der Waals surface area contributed by atoms with Gasteiger partial charge in [0, 0.05) is 18.7 Å². The zero-order chi connectivity index (χ0) is 13.9. The van der Waals surface area contributed by atoms with Crippen LogP contribution in [0.2, 0.25) is 0 Å². The molecule has 0 spiro atoms. The number of nitrogens with one attached hydrogen (secondary N) is 1. The fourth-order valence-corrected chi connectivity index (χ4v) is 2.71. The molecule has 1 heterocycles. The van der Waals surface area contributed by atoms with E-state index in [9.17, 15) is 4.79 Å². The molecular formula is C17H18N2O. The highest BCUT2D eigenvalue weighted by Crippen LogP contribution is 2.36. The molecule has 3 heteroatoms. The van der Waals surface area contributed by atoms with Crippen molar-refractivity contribution in [3.63, 3.8) is 0 Å². The van der Waals surface area contributed by atoms with Gasteiger partial charge in [-0.15, -0.1) is 0 Å². The molecular weight excluding hydrogens is 248 g/mol. The molecule has 1 amide bonds. The van der Waals surface area contributed by atoms with Gasteiger partial charge >= 0.3 is 0 Å². The van der Waals surface area contributed by atoms with Gasteiger partial charge in [0.25, 0.3) is 0 Å². The Hall–Kier alpha value is -2.29. The zero-order valence-corrected chi connectivity index (χ0v) is 11.6. The van der Waals surface area contributed by atoms with Crippen LogP contribution in [0.3, 0.4) is 0 Å². The van der Waals surface area contributed by atoms with Crippen molar-refractivity contribution in [2.45, 2.75) is 19.8 Å². The Kier molecular flexibility index (Phi) is 3.42. The number of hydrogen-bond donors (Lipinski definition) is 1. The number of anilines is 3. The number of benzene rings is 2. The van der Waals surface area contributed by atoms with Crippen LogP contribution in [0.4, 0.5) is 17.1 Å². The Bertz CT molecular complexity index is 622. The van der Waals surface area contributed by atoms with Crippen LogP contribution in [0.1, 0.15) is 18.4 Å². The lowest BCUT2D eigenvalue weighted by Gasteiger charge is -2.30. The second-order valence-electron chi connectivity index (χ2n) is 5.11. The molecule has 0 unspecified atom stereocenters. The van der Waals surface area contributed by atoms with Crippen molar-refractivity contribution in [1.82, 2.24) is 0 Å². The maximum atomic E-state index is 11.8. The van der Waals surface area contributed by atoms with E-state index in [-0.39, 0.29) is 5.91 Å². The summed E-state index contributed by atoms with van der Waals surface area (Å²) < 4.78 is 0. The van der Waals surface area contributed by atoms with Gasteiger partial charge in [0.15, 0.2) is 0 Å². The predicted molar refractivity (Wildman–Crippen MR) is 82.5 cm³/mol. The molecule has 0 fully saturated rings. The Morgan fingerprint density at radius 3 is 2.65 bits per heavy atom. The molecule has 0 saturated carbocycles. The van der Waals surface area contributed by atoms with Crippen molar-refractivity contribution < 1.29 is 4.79 Å². The number of hydrogen-bond acceptors (Lipinski definition) is 2. The number of aryl methyl sites for hydroxylation is 1. The number of rotatable bonds is 1. The lowest BCUT2D eigenvalue weighted by molar-refractivity contribution is -0.116. The van der Waals surface area contributed by atoms with Crippen LogP contribution in [0.25, 0.3) is 0 Å². The molecule has 0 saturated heterocycles. The maximum Gasteiger partial charge on any atom is 0.224 e. The minimum Gasteiger partial charge on any atom is -0.340 e. The van der Waals surface area contributed by atoms with Crippen molar-refractivity contribution in [3.8, 4) is 0 Å². The van der Waals surface area contributed by atoms with Crippen LogP contribution >= 0.6 is 0 Å². The third kappa shape index (κ3) is 2.39. The highest BCUT2D eigenvalue weighted by atomic mass is 16.1. The number of para-hydroxylation sites is 2. The minimum absolute atomic E-state index is 0.101. The summed E-state index contributed by atoms with van der Waals surface area (Å²) in [6.07, 6.45) is 1.42. The summed E-state index contributed by atoms with van der Waals surface area (Å²) in [5, 5.41) is 3.02. The van der Waals surface area contributed by atoms with Gasteiger partial charge in [-0.05, 0) is 37.1 Å². The monoisotopic (exact) mass is 266 g/mol. The fraction of sp³-hybridized carbons (Fsp3) is 0.235. The van der Waals surface area contributed by atoms with Gasteiger partial charge in [-0.25, -0.2) is 0 Å². The molecule has 0 bridgehead atoms. The van der Waals surface area contributed by atoms with Gasteiger partial charge in [-0.2, -0.15) is 0 Å². The lowest BCUT2D eigenvalue weighted by atomic mass is 10.1. The summed E-state index contributed by atoms with van der Waals surface area (Å²) in [7, 11) is 0. The normalized spacial score (nSPS) is 15.1. The molecule has 1 aliphatic heterocycles. The van der Waals surface area contributed by atoms with E-state index in [2.05, 4.69) is 35.3 Å². The van der Waals surface area contributed by atoms with Crippen molar-refractivity contribution in [3.05, 3.63) is 54.1 Å². The van der Waals surface area contributed by atoms with E-state index in [4.69, 9.17) is 0 Å². The summed E-state index contributed by atoms with van der Waals surface area (Å²) in [6, 6.07) is 16.4. The van der Waals surface area contributed by atoms with E-state index in [1.807, 2.05) is 30.3 Å². The van der Waals surface area contributed by atoms with Crippen LogP contribution in [0.5, 0.6) is 0 Å². The quantitative estimate of drug-likeness (QED) is 0.850. The second-order valence-corrected chi connectivity index (χ2v) is 5.11. The van der Waals surface area contributed by atoms with Crippen molar-refractivity contribution in [2.75, 3.05) is 16.8 Å². The average molecular weight is 266 g/mol. The first kappa shape index (κ1) is 12.7. The van der Waals surface area contributed by atoms with E-state index in [0.29, 0.717) is 6.42 Å². The van der Waals surface area contributed by atoms with Crippen LogP contribution in [-0.2, 0) is 4.79 Å². The number of nitrogens with zero attached hydrogens (tertiary/aromatic N) is 1. The zero-order valence-electron chi connectivity index (χ0n) is 11.6.